The first kappa shape index (κ1) is 14.9. The van der Waals surface area contributed by atoms with Crippen molar-refractivity contribution in [1.29, 1.82) is 0 Å². The van der Waals surface area contributed by atoms with Crippen LogP contribution in [-0.4, -0.2) is 28.4 Å². The third kappa shape index (κ3) is 4.01. The number of carbonyl (C=O) groups is 1. The van der Waals surface area contributed by atoms with Gasteiger partial charge in [-0.3, -0.25) is 4.79 Å². The van der Waals surface area contributed by atoms with E-state index in [0.29, 0.717) is 10.7 Å². The molecule has 1 N–H and O–H groups in total. The first-order valence-corrected chi connectivity index (χ1v) is 8.30. The third-order valence-corrected chi connectivity index (χ3v) is 5.04. The molecule has 104 valence electrons. The molecule has 2 rings (SSSR count). The van der Waals surface area contributed by atoms with Gasteiger partial charge in [0.1, 0.15) is 10.3 Å². The van der Waals surface area contributed by atoms with Crippen LogP contribution in [0.15, 0.2) is 12.1 Å². The molecule has 0 saturated heterocycles. The highest BCUT2D eigenvalue weighted by Gasteiger charge is 2.23. The SMILES string of the molecule is CSC1CCC(NC(=O)c2ccc(Cl)nc2Cl)CC1. The van der Waals surface area contributed by atoms with Crippen LogP contribution in [-0.2, 0) is 0 Å². The highest BCUT2D eigenvalue weighted by Crippen LogP contribution is 2.27. The number of halogens is 2. The van der Waals surface area contributed by atoms with Gasteiger partial charge in [-0.1, -0.05) is 23.2 Å². The quantitative estimate of drug-likeness (QED) is 0.862. The maximum Gasteiger partial charge on any atom is 0.254 e. The summed E-state index contributed by atoms with van der Waals surface area (Å²) in [6.07, 6.45) is 6.49. The van der Waals surface area contributed by atoms with E-state index in [1.165, 1.54) is 0 Å². The molecule has 0 atom stereocenters. The number of carbonyl (C=O) groups excluding carboxylic acids is 1. The topological polar surface area (TPSA) is 42.0 Å². The molecule has 1 aromatic rings. The van der Waals surface area contributed by atoms with Gasteiger partial charge in [0, 0.05) is 11.3 Å². The van der Waals surface area contributed by atoms with Gasteiger partial charge < -0.3 is 5.32 Å². The van der Waals surface area contributed by atoms with E-state index >= 15 is 0 Å². The van der Waals surface area contributed by atoms with Crippen LogP contribution in [0.1, 0.15) is 36.0 Å². The monoisotopic (exact) mass is 318 g/mol. The Hall–Kier alpha value is -0.450. The highest BCUT2D eigenvalue weighted by atomic mass is 35.5. The standard InChI is InChI=1S/C13H16Cl2N2OS/c1-19-9-4-2-8(3-5-9)16-13(18)10-6-7-11(14)17-12(10)15/h6-9H,2-5H2,1H3,(H,16,18). The van der Waals surface area contributed by atoms with Gasteiger partial charge in [-0.05, 0) is 44.1 Å². The minimum Gasteiger partial charge on any atom is -0.349 e. The summed E-state index contributed by atoms with van der Waals surface area (Å²) in [5, 5.41) is 4.20. The van der Waals surface area contributed by atoms with E-state index in [-0.39, 0.29) is 17.1 Å². The molecular weight excluding hydrogens is 303 g/mol. The Bertz CT molecular complexity index is 462. The van der Waals surface area contributed by atoms with E-state index in [1.807, 2.05) is 11.8 Å². The van der Waals surface area contributed by atoms with Crippen molar-refractivity contribution in [2.75, 3.05) is 6.26 Å². The molecule has 1 heterocycles. The summed E-state index contributed by atoms with van der Waals surface area (Å²) in [7, 11) is 0. The zero-order valence-electron chi connectivity index (χ0n) is 10.7. The zero-order chi connectivity index (χ0) is 13.8. The largest absolute Gasteiger partial charge is 0.349 e. The van der Waals surface area contributed by atoms with Gasteiger partial charge in [0.25, 0.3) is 5.91 Å². The normalized spacial score (nSPS) is 23.1. The molecule has 1 saturated carbocycles. The predicted octanol–water partition coefficient (Wildman–Crippen LogP) is 3.79. The molecule has 1 amide bonds. The Kier molecular flexibility index (Phi) is 5.37. The molecule has 0 aromatic carbocycles. The number of hydrogen-bond donors (Lipinski definition) is 1. The van der Waals surface area contributed by atoms with Gasteiger partial charge in [-0.15, -0.1) is 0 Å². The maximum atomic E-state index is 12.1. The number of amides is 1. The fourth-order valence-electron chi connectivity index (χ4n) is 2.29. The average Bonchev–Trinajstić information content (AvgIpc) is 2.39. The van der Waals surface area contributed by atoms with Crippen molar-refractivity contribution in [2.24, 2.45) is 0 Å². The second kappa shape index (κ2) is 6.82. The fraction of sp³-hybridized carbons (Fsp3) is 0.538. The fourth-order valence-corrected chi connectivity index (χ4v) is 3.46. The number of rotatable bonds is 3. The van der Waals surface area contributed by atoms with Gasteiger partial charge in [-0.25, -0.2) is 4.98 Å². The Morgan fingerprint density at radius 2 is 2.00 bits per heavy atom. The molecular formula is C13H16Cl2N2OS. The molecule has 0 aliphatic heterocycles. The molecule has 19 heavy (non-hydrogen) atoms. The van der Waals surface area contributed by atoms with Crippen LogP contribution >= 0.6 is 35.0 Å². The number of nitrogens with one attached hydrogen (secondary N) is 1. The first-order valence-electron chi connectivity index (χ1n) is 6.26. The summed E-state index contributed by atoms with van der Waals surface area (Å²) in [6, 6.07) is 3.43. The van der Waals surface area contributed by atoms with Gasteiger partial charge in [0.05, 0.1) is 5.56 Å². The smallest absolute Gasteiger partial charge is 0.254 e. The van der Waals surface area contributed by atoms with E-state index in [2.05, 4.69) is 16.6 Å². The molecule has 0 bridgehead atoms. The van der Waals surface area contributed by atoms with Gasteiger partial charge >= 0.3 is 0 Å². The summed E-state index contributed by atoms with van der Waals surface area (Å²) in [5.41, 5.74) is 0.387. The van der Waals surface area contributed by atoms with Crippen LogP contribution in [0, 0.1) is 0 Å². The lowest BCUT2D eigenvalue weighted by atomic mass is 9.95. The summed E-state index contributed by atoms with van der Waals surface area (Å²) < 4.78 is 0. The van der Waals surface area contributed by atoms with Crippen molar-refractivity contribution in [1.82, 2.24) is 10.3 Å². The Morgan fingerprint density at radius 1 is 1.32 bits per heavy atom. The van der Waals surface area contributed by atoms with Crippen molar-refractivity contribution in [3.63, 3.8) is 0 Å². The highest BCUT2D eigenvalue weighted by molar-refractivity contribution is 7.99. The van der Waals surface area contributed by atoms with E-state index in [4.69, 9.17) is 23.2 Å². The maximum absolute atomic E-state index is 12.1. The number of aromatic nitrogens is 1. The minimum atomic E-state index is -0.165. The molecule has 1 aliphatic carbocycles. The molecule has 1 aromatic heterocycles. The van der Waals surface area contributed by atoms with E-state index in [0.717, 1.165) is 30.9 Å². The van der Waals surface area contributed by atoms with E-state index < -0.39 is 0 Å². The predicted molar refractivity (Wildman–Crippen MR) is 81.3 cm³/mol. The summed E-state index contributed by atoms with van der Waals surface area (Å²) in [6.45, 7) is 0. The minimum absolute atomic E-state index is 0.155. The summed E-state index contributed by atoms with van der Waals surface area (Å²) in [4.78, 5) is 16.0. The van der Waals surface area contributed by atoms with Crippen molar-refractivity contribution in [3.05, 3.63) is 28.0 Å². The lowest BCUT2D eigenvalue weighted by molar-refractivity contribution is 0.0928. The first-order chi connectivity index (χ1) is 9.10. The van der Waals surface area contributed by atoms with Crippen LogP contribution in [0.5, 0.6) is 0 Å². The molecule has 0 spiro atoms. The molecule has 1 fully saturated rings. The molecule has 1 aliphatic rings. The van der Waals surface area contributed by atoms with Crippen LogP contribution in [0.25, 0.3) is 0 Å². The van der Waals surface area contributed by atoms with E-state index in [9.17, 15) is 4.79 Å². The number of hydrogen-bond acceptors (Lipinski definition) is 3. The van der Waals surface area contributed by atoms with Gasteiger partial charge in [-0.2, -0.15) is 11.8 Å². The molecule has 3 nitrogen and oxygen atoms in total. The number of nitrogens with zero attached hydrogens (tertiary/aromatic N) is 1. The summed E-state index contributed by atoms with van der Waals surface area (Å²) in [5.74, 6) is -0.165. The van der Waals surface area contributed by atoms with Gasteiger partial charge in [0.2, 0.25) is 0 Å². The average molecular weight is 319 g/mol. The zero-order valence-corrected chi connectivity index (χ0v) is 13.0. The molecule has 6 heteroatoms. The van der Waals surface area contributed by atoms with Crippen molar-refractivity contribution in [3.8, 4) is 0 Å². The molecule has 0 radical (unpaired) electrons. The van der Waals surface area contributed by atoms with Gasteiger partial charge in [0.15, 0.2) is 0 Å². The second-order valence-electron chi connectivity index (χ2n) is 4.66. The van der Waals surface area contributed by atoms with E-state index in [1.54, 1.807) is 12.1 Å². The summed E-state index contributed by atoms with van der Waals surface area (Å²) >= 11 is 13.6. The van der Waals surface area contributed by atoms with Crippen molar-refractivity contribution >= 4 is 40.9 Å². The Morgan fingerprint density at radius 3 is 2.58 bits per heavy atom. The number of thioether (sulfide) groups is 1. The van der Waals surface area contributed by atoms with Crippen LogP contribution in [0.3, 0.4) is 0 Å². The lowest BCUT2D eigenvalue weighted by Gasteiger charge is -2.28. The molecule has 0 unspecified atom stereocenters. The second-order valence-corrected chi connectivity index (χ2v) is 6.54. The van der Waals surface area contributed by atoms with Crippen LogP contribution in [0.4, 0.5) is 0 Å². The van der Waals surface area contributed by atoms with Crippen LogP contribution < -0.4 is 5.32 Å². The van der Waals surface area contributed by atoms with Crippen LogP contribution in [0.2, 0.25) is 10.3 Å². The lowest BCUT2D eigenvalue weighted by Crippen LogP contribution is -2.38. The van der Waals surface area contributed by atoms with Crippen molar-refractivity contribution in [2.45, 2.75) is 37.0 Å². The Labute approximate surface area is 127 Å². The number of pyridine rings is 1. The van der Waals surface area contributed by atoms with Crippen molar-refractivity contribution < 1.29 is 4.79 Å². The third-order valence-electron chi connectivity index (χ3n) is 3.40. The Balaban J connectivity index is 1.94.